The van der Waals surface area contributed by atoms with Gasteiger partial charge in [0.25, 0.3) is 0 Å². The van der Waals surface area contributed by atoms with Crippen molar-refractivity contribution in [3.63, 3.8) is 0 Å². The third-order valence-corrected chi connectivity index (χ3v) is 3.80. The summed E-state index contributed by atoms with van der Waals surface area (Å²) < 4.78 is 5.34. The summed E-state index contributed by atoms with van der Waals surface area (Å²) >= 11 is 5.54. The highest BCUT2D eigenvalue weighted by molar-refractivity contribution is 7.80. The minimum Gasteiger partial charge on any atom is -0.495 e. The third kappa shape index (κ3) is 2.34. The Morgan fingerprint density at radius 2 is 1.90 bits per heavy atom. The minimum absolute atomic E-state index is 0.708. The van der Waals surface area contributed by atoms with Crippen LogP contribution < -0.4 is 15.0 Å². The van der Waals surface area contributed by atoms with E-state index in [1.54, 1.807) is 7.11 Å². The summed E-state index contributed by atoms with van der Waals surface area (Å²) in [5.41, 5.74) is 3.43. The number of methoxy groups -OCH3 is 1. The van der Waals surface area contributed by atoms with Crippen molar-refractivity contribution in [2.75, 3.05) is 23.9 Å². The number of thiocarbonyl (C=S) groups is 1. The van der Waals surface area contributed by atoms with E-state index < -0.39 is 0 Å². The molecule has 0 radical (unpaired) electrons. The van der Waals surface area contributed by atoms with Gasteiger partial charge in [0.05, 0.1) is 12.8 Å². The maximum Gasteiger partial charge on any atom is 0.178 e. The predicted molar refractivity (Wildman–Crippen MR) is 86.7 cm³/mol. The van der Waals surface area contributed by atoms with E-state index in [-0.39, 0.29) is 0 Å². The molecule has 102 valence electrons. The van der Waals surface area contributed by atoms with Crippen LogP contribution in [-0.4, -0.2) is 18.8 Å². The molecule has 0 unspecified atom stereocenters. The van der Waals surface area contributed by atoms with Crippen molar-refractivity contribution in [1.29, 1.82) is 0 Å². The Kier molecular flexibility index (Phi) is 3.56. The zero-order valence-corrected chi connectivity index (χ0v) is 12.1. The van der Waals surface area contributed by atoms with E-state index in [1.165, 1.54) is 11.3 Å². The summed E-state index contributed by atoms with van der Waals surface area (Å²) in [5, 5.41) is 3.98. The Hall–Kier alpha value is -2.07. The summed E-state index contributed by atoms with van der Waals surface area (Å²) in [4.78, 5) is 2.14. The van der Waals surface area contributed by atoms with Gasteiger partial charge >= 0.3 is 0 Å². The first-order chi connectivity index (χ1) is 9.79. The van der Waals surface area contributed by atoms with Gasteiger partial charge in [-0.1, -0.05) is 30.3 Å². The number of rotatable bonds is 2. The van der Waals surface area contributed by atoms with Crippen molar-refractivity contribution in [2.24, 2.45) is 0 Å². The van der Waals surface area contributed by atoms with Crippen molar-refractivity contribution in [3.05, 3.63) is 54.1 Å². The van der Waals surface area contributed by atoms with Gasteiger partial charge in [0.1, 0.15) is 5.75 Å². The minimum atomic E-state index is 0.708. The summed E-state index contributed by atoms with van der Waals surface area (Å²) in [5.74, 6) is 0.794. The molecule has 1 N–H and O–H groups in total. The SMILES string of the molecule is COc1ccccc1NC(=S)N1CCc2ccccc21. The highest BCUT2D eigenvalue weighted by Gasteiger charge is 2.22. The topological polar surface area (TPSA) is 24.5 Å². The first-order valence-corrected chi connectivity index (χ1v) is 7.00. The van der Waals surface area contributed by atoms with Crippen LogP contribution in [0.15, 0.2) is 48.5 Å². The molecule has 0 fully saturated rings. The molecule has 0 atom stereocenters. The predicted octanol–water partition coefficient (Wildman–Crippen LogP) is 3.45. The van der Waals surface area contributed by atoms with E-state index in [1.807, 2.05) is 30.3 Å². The van der Waals surface area contributed by atoms with Gasteiger partial charge in [0.2, 0.25) is 0 Å². The fourth-order valence-electron chi connectivity index (χ4n) is 2.48. The van der Waals surface area contributed by atoms with E-state index in [9.17, 15) is 0 Å². The van der Waals surface area contributed by atoms with Gasteiger partial charge in [0.15, 0.2) is 5.11 Å². The average Bonchev–Trinajstić information content (AvgIpc) is 2.92. The van der Waals surface area contributed by atoms with E-state index in [0.29, 0.717) is 5.11 Å². The average molecular weight is 284 g/mol. The molecule has 0 amide bonds. The second kappa shape index (κ2) is 5.51. The molecule has 3 rings (SSSR count). The van der Waals surface area contributed by atoms with Crippen LogP contribution in [-0.2, 0) is 6.42 Å². The number of para-hydroxylation sites is 3. The number of ether oxygens (including phenoxy) is 1. The van der Waals surface area contributed by atoms with Crippen molar-refractivity contribution in [1.82, 2.24) is 0 Å². The summed E-state index contributed by atoms with van der Waals surface area (Å²) in [6.07, 6.45) is 1.03. The second-order valence-electron chi connectivity index (χ2n) is 4.66. The molecule has 2 aromatic carbocycles. The Bertz CT molecular complexity index is 642. The maximum absolute atomic E-state index is 5.54. The normalized spacial score (nSPS) is 12.9. The molecule has 3 nitrogen and oxygen atoms in total. The van der Waals surface area contributed by atoms with Crippen molar-refractivity contribution >= 4 is 28.7 Å². The molecule has 20 heavy (non-hydrogen) atoms. The van der Waals surface area contributed by atoms with Crippen LogP contribution in [0.3, 0.4) is 0 Å². The lowest BCUT2D eigenvalue weighted by Gasteiger charge is -2.22. The summed E-state index contributed by atoms with van der Waals surface area (Å²) in [6.45, 7) is 0.917. The van der Waals surface area contributed by atoms with Crippen LogP contribution in [0.5, 0.6) is 5.75 Å². The van der Waals surface area contributed by atoms with Crippen LogP contribution in [0, 0.1) is 0 Å². The van der Waals surface area contributed by atoms with E-state index in [0.717, 1.165) is 24.4 Å². The molecule has 0 saturated heterocycles. The zero-order chi connectivity index (χ0) is 13.9. The molecule has 1 aliphatic rings. The fraction of sp³-hybridized carbons (Fsp3) is 0.188. The van der Waals surface area contributed by atoms with Gasteiger partial charge in [-0.25, -0.2) is 0 Å². The molecule has 0 spiro atoms. The largest absolute Gasteiger partial charge is 0.495 e. The number of hydrogen-bond donors (Lipinski definition) is 1. The van der Waals surface area contributed by atoms with E-state index in [4.69, 9.17) is 17.0 Å². The highest BCUT2D eigenvalue weighted by Crippen LogP contribution is 2.29. The van der Waals surface area contributed by atoms with E-state index >= 15 is 0 Å². The van der Waals surface area contributed by atoms with Gasteiger partial charge in [-0.05, 0) is 42.4 Å². The number of nitrogens with one attached hydrogen (secondary N) is 1. The Morgan fingerprint density at radius 1 is 1.15 bits per heavy atom. The molecule has 4 heteroatoms. The third-order valence-electron chi connectivity index (χ3n) is 3.48. The molecule has 1 aliphatic heterocycles. The van der Waals surface area contributed by atoms with E-state index in [2.05, 4.69) is 28.4 Å². The lowest BCUT2D eigenvalue weighted by molar-refractivity contribution is 0.417. The smallest absolute Gasteiger partial charge is 0.178 e. The highest BCUT2D eigenvalue weighted by atomic mass is 32.1. The monoisotopic (exact) mass is 284 g/mol. The number of nitrogens with zero attached hydrogens (tertiary/aromatic N) is 1. The van der Waals surface area contributed by atoms with Crippen molar-refractivity contribution in [2.45, 2.75) is 6.42 Å². The fourth-order valence-corrected chi connectivity index (χ4v) is 2.78. The summed E-state index contributed by atoms with van der Waals surface area (Å²) in [6, 6.07) is 16.2. The van der Waals surface area contributed by atoms with Crippen molar-refractivity contribution in [3.8, 4) is 5.75 Å². The Labute approximate surface area is 124 Å². The van der Waals surface area contributed by atoms with Crippen LogP contribution in [0.2, 0.25) is 0 Å². The standard InChI is InChI=1S/C16H16N2OS/c1-19-15-9-5-3-7-13(15)17-16(20)18-11-10-12-6-2-4-8-14(12)18/h2-9H,10-11H2,1H3,(H,17,20). The second-order valence-corrected chi connectivity index (χ2v) is 5.05. The van der Waals surface area contributed by atoms with Crippen LogP contribution in [0.1, 0.15) is 5.56 Å². The Balaban J connectivity index is 1.81. The first kappa shape index (κ1) is 12.9. The van der Waals surface area contributed by atoms with Gasteiger partial charge in [0, 0.05) is 12.2 Å². The van der Waals surface area contributed by atoms with Crippen LogP contribution >= 0.6 is 12.2 Å². The van der Waals surface area contributed by atoms with Gasteiger partial charge in [-0.2, -0.15) is 0 Å². The lowest BCUT2D eigenvalue weighted by atomic mass is 10.2. The van der Waals surface area contributed by atoms with Crippen molar-refractivity contribution < 1.29 is 4.74 Å². The number of anilines is 2. The molecule has 0 aliphatic carbocycles. The Morgan fingerprint density at radius 3 is 2.75 bits per heavy atom. The van der Waals surface area contributed by atoms with Crippen LogP contribution in [0.4, 0.5) is 11.4 Å². The molecule has 0 bridgehead atoms. The molecule has 1 heterocycles. The molecular formula is C16H16N2OS. The quantitative estimate of drug-likeness (QED) is 0.854. The zero-order valence-electron chi connectivity index (χ0n) is 11.3. The van der Waals surface area contributed by atoms with Crippen LogP contribution in [0.25, 0.3) is 0 Å². The molecule has 0 saturated carbocycles. The van der Waals surface area contributed by atoms with Gasteiger partial charge in [-0.3, -0.25) is 0 Å². The molecule has 2 aromatic rings. The summed E-state index contributed by atoms with van der Waals surface area (Å²) in [7, 11) is 1.66. The maximum atomic E-state index is 5.54. The number of fused-ring (bicyclic) bond motifs is 1. The first-order valence-electron chi connectivity index (χ1n) is 6.59. The lowest BCUT2D eigenvalue weighted by Crippen LogP contribution is -2.33. The van der Waals surface area contributed by atoms with Gasteiger partial charge in [-0.15, -0.1) is 0 Å². The van der Waals surface area contributed by atoms with Gasteiger partial charge < -0.3 is 15.0 Å². The number of hydrogen-bond acceptors (Lipinski definition) is 2. The molecular weight excluding hydrogens is 268 g/mol. The molecule has 0 aromatic heterocycles. The number of benzene rings is 2.